The third-order valence-electron chi connectivity index (χ3n) is 4.17. The van der Waals surface area contributed by atoms with Gasteiger partial charge in [-0.2, -0.15) is 0 Å². The van der Waals surface area contributed by atoms with Crippen LogP contribution in [0.2, 0.25) is 0 Å². The van der Waals surface area contributed by atoms with Gasteiger partial charge in [0.2, 0.25) is 0 Å². The Bertz CT molecular complexity index is 749. The lowest BCUT2D eigenvalue weighted by Gasteiger charge is -2.22. The highest BCUT2D eigenvalue weighted by Crippen LogP contribution is 2.08. The van der Waals surface area contributed by atoms with Gasteiger partial charge in [0.05, 0.1) is 0 Å². The summed E-state index contributed by atoms with van der Waals surface area (Å²) in [5.74, 6) is 0.845. The highest BCUT2D eigenvalue weighted by atomic mass is 16.2. The second-order valence-electron chi connectivity index (χ2n) is 6.64. The van der Waals surface area contributed by atoms with E-state index in [0.29, 0.717) is 12.1 Å². The Morgan fingerprint density at radius 3 is 2.08 bits per heavy atom. The minimum absolute atomic E-state index is 0.0122. The Balaban J connectivity index is 1.93. The van der Waals surface area contributed by atoms with Crippen molar-refractivity contribution in [1.82, 2.24) is 15.1 Å². The summed E-state index contributed by atoms with van der Waals surface area (Å²) in [7, 11) is 7.32. The molecule has 138 valence electrons. The topological polar surface area (TPSA) is 47.9 Å². The van der Waals surface area contributed by atoms with Crippen molar-refractivity contribution in [2.24, 2.45) is 4.99 Å². The molecule has 0 heterocycles. The summed E-state index contributed by atoms with van der Waals surface area (Å²) in [6.45, 7) is 3.53. The summed E-state index contributed by atoms with van der Waals surface area (Å²) in [6, 6.07) is 16.2. The number of hydrogen-bond acceptors (Lipinski definition) is 2. The van der Waals surface area contributed by atoms with Gasteiger partial charge in [0.1, 0.15) is 0 Å². The van der Waals surface area contributed by atoms with E-state index in [2.05, 4.69) is 46.4 Å². The standard InChI is InChI=1S/C21H28N4O/c1-16-6-8-18(9-7-16)15-25(5)21(22-2)23-14-17-10-12-19(13-11-17)20(26)24(3)4/h6-13H,14-15H2,1-5H3,(H,22,23). The molecule has 2 aromatic rings. The molecule has 0 aliphatic rings. The quantitative estimate of drug-likeness (QED) is 0.665. The second-order valence-corrected chi connectivity index (χ2v) is 6.64. The van der Waals surface area contributed by atoms with Crippen LogP contribution < -0.4 is 5.32 Å². The van der Waals surface area contributed by atoms with Gasteiger partial charge in [-0.05, 0) is 30.2 Å². The fourth-order valence-corrected chi connectivity index (χ4v) is 2.63. The molecule has 0 unspecified atom stereocenters. The van der Waals surface area contributed by atoms with Crippen molar-refractivity contribution >= 4 is 11.9 Å². The first kappa shape index (κ1) is 19.5. The lowest BCUT2D eigenvalue weighted by atomic mass is 10.1. The van der Waals surface area contributed by atoms with Gasteiger partial charge in [0.25, 0.3) is 5.91 Å². The number of nitrogens with zero attached hydrogens (tertiary/aromatic N) is 3. The lowest BCUT2D eigenvalue weighted by Crippen LogP contribution is -2.38. The third kappa shape index (κ3) is 5.34. The number of guanidine groups is 1. The van der Waals surface area contributed by atoms with Crippen LogP contribution in [0.5, 0.6) is 0 Å². The van der Waals surface area contributed by atoms with Crippen molar-refractivity contribution < 1.29 is 4.79 Å². The highest BCUT2D eigenvalue weighted by Gasteiger charge is 2.09. The summed E-state index contributed by atoms with van der Waals surface area (Å²) in [4.78, 5) is 20.0. The van der Waals surface area contributed by atoms with E-state index in [1.54, 1.807) is 26.0 Å². The van der Waals surface area contributed by atoms with Gasteiger partial charge in [-0.15, -0.1) is 0 Å². The van der Waals surface area contributed by atoms with E-state index < -0.39 is 0 Å². The normalized spacial score (nSPS) is 11.2. The molecule has 5 heteroatoms. The Morgan fingerprint density at radius 2 is 1.54 bits per heavy atom. The van der Waals surface area contributed by atoms with Crippen molar-refractivity contribution in [1.29, 1.82) is 0 Å². The van der Waals surface area contributed by atoms with Gasteiger partial charge in [0.15, 0.2) is 5.96 Å². The van der Waals surface area contributed by atoms with E-state index in [9.17, 15) is 4.79 Å². The van der Waals surface area contributed by atoms with E-state index in [4.69, 9.17) is 0 Å². The third-order valence-corrected chi connectivity index (χ3v) is 4.17. The predicted molar refractivity (Wildman–Crippen MR) is 107 cm³/mol. The molecule has 0 aliphatic heterocycles. The maximum Gasteiger partial charge on any atom is 0.253 e. The average molecular weight is 352 g/mol. The number of amides is 1. The van der Waals surface area contributed by atoms with Gasteiger partial charge in [-0.1, -0.05) is 42.0 Å². The Morgan fingerprint density at radius 1 is 0.962 bits per heavy atom. The zero-order valence-electron chi connectivity index (χ0n) is 16.3. The number of carbonyl (C=O) groups is 1. The van der Waals surface area contributed by atoms with Crippen LogP contribution >= 0.6 is 0 Å². The van der Waals surface area contributed by atoms with Gasteiger partial charge in [0, 0.05) is 46.8 Å². The van der Waals surface area contributed by atoms with E-state index in [0.717, 1.165) is 18.1 Å². The summed E-state index contributed by atoms with van der Waals surface area (Å²) >= 11 is 0. The van der Waals surface area contributed by atoms with E-state index in [-0.39, 0.29) is 5.91 Å². The smallest absolute Gasteiger partial charge is 0.253 e. The molecule has 0 fully saturated rings. The maximum absolute atomic E-state index is 11.9. The number of hydrogen-bond donors (Lipinski definition) is 1. The second kappa shape index (κ2) is 9.04. The van der Waals surface area contributed by atoms with Gasteiger partial charge in [-0.25, -0.2) is 0 Å². The van der Waals surface area contributed by atoms with Crippen molar-refractivity contribution in [2.45, 2.75) is 20.0 Å². The minimum Gasteiger partial charge on any atom is -0.352 e. The summed E-state index contributed by atoms with van der Waals surface area (Å²) in [6.07, 6.45) is 0. The van der Waals surface area contributed by atoms with Gasteiger partial charge < -0.3 is 15.1 Å². The van der Waals surface area contributed by atoms with Crippen LogP contribution in [0.15, 0.2) is 53.5 Å². The highest BCUT2D eigenvalue weighted by molar-refractivity contribution is 5.93. The summed E-state index contributed by atoms with van der Waals surface area (Å²) < 4.78 is 0. The molecule has 2 aromatic carbocycles. The molecule has 0 saturated carbocycles. The van der Waals surface area contributed by atoms with Crippen LogP contribution in [-0.4, -0.2) is 49.9 Å². The first-order chi connectivity index (χ1) is 12.4. The molecule has 0 aromatic heterocycles. The van der Waals surface area contributed by atoms with E-state index in [1.165, 1.54) is 11.1 Å². The molecule has 0 bridgehead atoms. The molecule has 5 nitrogen and oxygen atoms in total. The molecular formula is C21H28N4O. The first-order valence-electron chi connectivity index (χ1n) is 8.68. The van der Waals surface area contributed by atoms with Crippen LogP contribution in [0, 0.1) is 6.92 Å². The van der Waals surface area contributed by atoms with Gasteiger partial charge in [-0.3, -0.25) is 9.79 Å². The van der Waals surface area contributed by atoms with Crippen molar-refractivity contribution in [3.05, 3.63) is 70.8 Å². The lowest BCUT2D eigenvalue weighted by molar-refractivity contribution is 0.0827. The fraction of sp³-hybridized carbons (Fsp3) is 0.333. The first-order valence-corrected chi connectivity index (χ1v) is 8.68. The number of aliphatic imine (C=N–C) groups is 1. The van der Waals surface area contributed by atoms with Gasteiger partial charge >= 0.3 is 0 Å². The average Bonchev–Trinajstić information content (AvgIpc) is 2.64. The van der Waals surface area contributed by atoms with E-state index >= 15 is 0 Å². The van der Waals surface area contributed by atoms with Crippen LogP contribution in [0.25, 0.3) is 0 Å². The molecule has 0 aliphatic carbocycles. The predicted octanol–water partition coefficient (Wildman–Crippen LogP) is 2.90. The Hall–Kier alpha value is -2.82. The van der Waals surface area contributed by atoms with E-state index in [1.807, 2.05) is 31.3 Å². The monoisotopic (exact) mass is 352 g/mol. The molecule has 0 radical (unpaired) electrons. The molecule has 1 amide bonds. The van der Waals surface area contributed by atoms with Crippen molar-refractivity contribution in [3.8, 4) is 0 Å². The molecule has 0 spiro atoms. The SMILES string of the molecule is CN=C(NCc1ccc(C(=O)N(C)C)cc1)N(C)Cc1ccc(C)cc1. The number of nitrogens with one attached hydrogen (secondary N) is 1. The number of rotatable bonds is 5. The molecule has 2 rings (SSSR count). The largest absolute Gasteiger partial charge is 0.352 e. The molecular weight excluding hydrogens is 324 g/mol. The number of carbonyl (C=O) groups excluding carboxylic acids is 1. The number of benzene rings is 2. The molecule has 0 atom stereocenters. The summed E-state index contributed by atoms with van der Waals surface area (Å²) in [5.41, 5.74) is 4.30. The van der Waals surface area contributed by atoms with Crippen LogP contribution in [0.3, 0.4) is 0 Å². The van der Waals surface area contributed by atoms with Crippen LogP contribution in [0.1, 0.15) is 27.0 Å². The zero-order chi connectivity index (χ0) is 19.1. The fourth-order valence-electron chi connectivity index (χ4n) is 2.63. The minimum atomic E-state index is 0.0122. The number of aryl methyl sites for hydroxylation is 1. The Labute approximate surface area is 156 Å². The van der Waals surface area contributed by atoms with Crippen LogP contribution in [0.4, 0.5) is 0 Å². The summed E-state index contributed by atoms with van der Waals surface area (Å²) in [5, 5.41) is 3.37. The zero-order valence-corrected chi connectivity index (χ0v) is 16.3. The molecule has 1 N–H and O–H groups in total. The van der Waals surface area contributed by atoms with Crippen molar-refractivity contribution in [2.75, 3.05) is 28.2 Å². The Kier molecular flexibility index (Phi) is 6.78. The maximum atomic E-state index is 11.9. The molecule has 26 heavy (non-hydrogen) atoms. The molecule has 0 saturated heterocycles. The van der Waals surface area contributed by atoms with Crippen molar-refractivity contribution in [3.63, 3.8) is 0 Å². The van der Waals surface area contributed by atoms with Crippen LogP contribution in [-0.2, 0) is 13.1 Å².